The Morgan fingerprint density at radius 3 is 2.59 bits per heavy atom. The Bertz CT molecular complexity index is 1040. The molecule has 0 unspecified atom stereocenters. The van der Waals surface area contributed by atoms with Crippen LogP contribution in [0, 0.1) is 5.82 Å². The number of anilines is 1. The van der Waals surface area contributed by atoms with Crippen molar-refractivity contribution in [3.05, 3.63) is 53.8 Å². The van der Waals surface area contributed by atoms with Gasteiger partial charge in [-0.25, -0.2) is 12.8 Å². The maximum atomic E-state index is 13.2. The summed E-state index contributed by atoms with van der Waals surface area (Å²) in [4.78, 5) is 6.67. The van der Waals surface area contributed by atoms with E-state index in [0.29, 0.717) is 17.3 Å². The van der Waals surface area contributed by atoms with Crippen LogP contribution >= 0.6 is 11.8 Å². The Labute approximate surface area is 173 Å². The maximum Gasteiger partial charge on any atom is 0.164 e. The molecule has 2 aromatic carbocycles. The molecule has 0 radical (unpaired) electrons. The first-order valence-electron chi connectivity index (χ1n) is 9.07. The molecule has 2 aliphatic rings. The van der Waals surface area contributed by atoms with E-state index in [-0.39, 0.29) is 29.4 Å². The van der Waals surface area contributed by atoms with E-state index < -0.39 is 9.84 Å². The van der Waals surface area contributed by atoms with Gasteiger partial charge in [-0.1, -0.05) is 23.9 Å². The third kappa shape index (κ3) is 4.06. The Kier molecular flexibility index (Phi) is 5.44. The van der Waals surface area contributed by atoms with Crippen molar-refractivity contribution in [2.45, 2.75) is 17.8 Å². The lowest BCUT2D eigenvalue weighted by atomic mass is 10.1. The summed E-state index contributed by atoms with van der Waals surface area (Å²) in [6.45, 7) is 0. The molecule has 1 fully saturated rings. The summed E-state index contributed by atoms with van der Waals surface area (Å²) in [7, 11) is 0.00745. The van der Waals surface area contributed by atoms with E-state index in [1.165, 1.54) is 23.9 Å². The van der Waals surface area contributed by atoms with Crippen LogP contribution < -0.4 is 14.4 Å². The van der Waals surface area contributed by atoms with E-state index in [2.05, 4.69) is 0 Å². The van der Waals surface area contributed by atoms with Gasteiger partial charge in [-0.2, -0.15) is 0 Å². The lowest BCUT2D eigenvalue weighted by Gasteiger charge is -2.28. The number of fused-ring (bicyclic) bond motifs is 1. The number of hydrogen-bond acceptors (Lipinski definition) is 7. The minimum atomic E-state index is -3.15. The molecule has 0 bridgehead atoms. The van der Waals surface area contributed by atoms with Crippen molar-refractivity contribution in [2.75, 3.05) is 30.6 Å². The topological polar surface area (TPSA) is 68.2 Å². The summed E-state index contributed by atoms with van der Waals surface area (Å²) in [6, 6.07) is 11.2. The first-order valence-corrected chi connectivity index (χ1v) is 11.9. The molecule has 2 atom stereocenters. The number of rotatable bonds is 5. The normalized spacial score (nSPS) is 22.3. The fraction of sp³-hybridized carbons (Fsp3) is 0.350. The molecule has 1 saturated heterocycles. The Morgan fingerprint density at radius 2 is 1.90 bits per heavy atom. The molecule has 0 spiro atoms. The van der Waals surface area contributed by atoms with Crippen LogP contribution in [0.4, 0.5) is 10.1 Å². The summed E-state index contributed by atoms with van der Waals surface area (Å²) in [6.07, 6.45) is 0. The van der Waals surface area contributed by atoms with Gasteiger partial charge < -0.3 is 14.4 Å². The molecule has 0 saturated carbocycles. The third-order valence-electron chi connectivity index (χ3n) is 5.03. The van der Waals surface area contributed by atoms with Crippen molar-refractivity contribution in [3.63, 3.8) is 0 Å². The smallest absolute Gasteiger partial charge is 0.164 e. The van der Waals surface area contributed by atoms with Gasteiger partial charge in [0.25, 0.3) is 0 Å². The predicted octanol–water partition coefficient (Wildman–Crippen LogP) is 3.12. The van der Waals surface area contributed by atoms with E-state index in [1.807, 2.05) is 11.0 Å². The monoisotopic (exact) mass is 436 g/mol. The van der Waals surface area contributed by atoms with Gasteiger partial charge in [0.2, 0.25) is 0 Å². The number of halogens is 1. The molecular formula is C20H21FN2O4S2. The molecular weight excluding hydrogens is 415 g/mol. The molecule has 0 amide bonds. The van der Waals surface area contributed by atoms with Gasteiger partial charge in [0, 0.05) is 11.8 Å². The predicted molar refractivity (Wildman–Crippen MR) is 113 cm³/mol. The van der Waals surface area contributed by atoms with E-state index in [9.17, 15) is 12.8 Å². The summed E-state index contributed by atoms with van der Waals surface area (Å²) >= 11 is 1.50. The summed E-state index contributed by atoms with van der Waals surface area (Å²) in [5.74, 6) is 1.66. The van der Waals surface area contributed by atoms with E-state index in [1.54, 1.807) is 38.5 Å². The second-order valence-corrected chi connectivity index (χ2v) is 10.0. The largest absolute Gasteiger partial charge is 0.497 e. The molecule has 2 aromatic rings. The number of benzene rings is 2. The molecule has 9 heteroatoms. The third-order valence-corrected chi connectivity index (χ3v) is 7.77. The summed E-state index contributed by atoms with van der Waals surface area (Å²) < 4.78 is 48.5. The second-order valence-electron chi connectivity index (χ2n) is 6.95. The van der Waals surface area contributed by atoms with Crippen LogP contribution in [0.5, 0.6) is 11.5 Å². The lowest BCUT2D eigenvalue weighted by molar-refractivity contribution is 0.403. The van der Waals surface area contributed by atoms with E-state index in [4.69, 9.17) is 14.5 Å². The highest BCUT2D eigenvalue weighted by atomic mass is 32.2. The maximum absolute atomic E-state index is 13.2. The fourth-order valence-electron chi connectivity index (χ4n) is 3.63. The van der Waals surface area contributed by atoms with Crippen LogP contribution in [0.2, 0.25) is 0 Å². The Balaban J connectivity index is 1.68. The molecule has 4 rings (SSSR count). The van der Waals surface area contributed by atoms with Gasteiger partial charge >= 0.3 is 0 Å². The number of hydrogen-bond donors (Lipinski definition) is 0. The van der Waals surface area contributed by atoms with Crippen molar-refractivity contribution < 1.29 is 22.3 Å². The highest BCUT2D eigenvalue weighted by Crippen LogP contribution is 2.41. The molecule has 2 aliphatic heterocycles. The van der Waals surface area contributed by atoms with Gasteiger partial charge in [0.05, 0.1) is 43.5 Å². The van der Waals surface area contributed by atoms with Crippen LogP contribution in [0.15, 0.2) is 47.5 Å². The summed E-state index contributed by atoms with van der Waals surface area (Å²) in [5, 5.41) is 0.728. The van der Waals surface area contributed by atoms with Crippen molar-refractivity contribution in [1.29, 1.82) is 0 Å². The molecule has 0 aliphatic carbocycles. The van der Waals surface area contributed by atoms with Crippen molar-refractivity contribution in [2.24, 2.45) is 4.99 Å². The average Bonchev–Trinajstić information content (AvgIpc) is 3.17. The van der Waals surface area contributed by atoms with Crippen LogP contribution in [-0.4, -0.2) is 51.4 Å². The van der Waals surface area contributed by atoms with Crippen molar-refractivity contribution in [3.8, 4) is 11.5 Å². The van der Waals surface area contributed by atoms with Crippen LogP contribution in [-0.2, 0) is 15.6 Å². The first kappa shape index (κ1) is 20.0. The zero-order valence-corrected chi connectivity index (χ0v) is 17.7. The van der Waals surface area contributed by atoms with Gasteiger partial charge in [0.15, 0.2) is 15.0 Å². The standard InChI is InChI=1S/C20H21FN2O4S2/c1-26-15-7-8-19(27-2)17(9-15)23-18-12-29(24,25)11-16(18)22-20(23)28-10-13-3-5-14(21)6-4-13/h3-9,16,18H,10-12H2,1-2H3/t16-,18+/m1/s1. The molecule has 6 nitrogen and oxygen atoms in total. The average molecular weight is 437 g/mol. The Morgan fingerprint density at radius 1 is 1.14 bits per heavy atom. The van der Waals surface area contributed by atoms with Gasteiger partial charge in [-0.15, -0.1) is 0 Å². The number of methoxy groups -OCH3 is 2. The number of amidine groups is 1. The van der Waals surface area contributed by atoms with Gasteiger partial charge in [-0.05, 0) is 29.8 Å². The molecule has 154 valence electrons. The number of thioether (sulfide) groups is 1. The molecule has 0 aromatic heterocycles. The number of ether oxygens (including phenoxy) is 2. The highest BCUT2D eigenvalue weighted by Gasteiger charge is 2.47. The Hall–Kier alpha value is -2.26. The van der Waals surface area contributed by atoms with Crippen LogP contribution in [0.1, 0.15) is 5.56 Å². The lowest BCUT2D eigenvalue weighted by Crippen LogP contribution is -2.39. The van der Waals surface area contributed by atoms with Gasteiger partial charge in [-0.3, -0.25) is 4.99 Å². The molecule has 29 heavy (non-hydrogen) atoms. The summed E-state index contributed by atoms with van der Waals surface area (Å²) in [5.41, 5.74) is 1.68. The fourth-order valence-corrected chi connectivity index (χ4v) is 6.54. The zero-order chi connectivity index (χ0) is 20.6. The highest BCUT2D eigenvalue weighted by molar-refractivity contribution is 8.13. The van der Waals surface area contributed by atoms with Gasteiger partial charge in [0.1, 0.15) is 17.3 Å². The second kappa shape index (κ2) is 7.87. The number of aliphatic imine (C=N–C) groups is 1. The minimum absolute atomic E-state index is 0.0427. The quantitative estimate of drug-likeness (QED) is 0.718. The molecule has 2 heterocycles. The number of nitrogens with zero attached hydrogens (tertiary/aromatic N) is 2. The van der Waals surface area contributed by atoms with Crippen molar-refractivity contribution >= 4 is 32.5 Å². The SMILES string of the molecule is COc1ccc(OC)c(N2C(SCc3ccc(F)cc3)=N[C@@H]3CS(=O)(=O)C[C@@H]32)c1. The zero-order valence-electron chi connectivity index (χ0n) is 16.0. The van der Waals surface area contributed by atoms with E-state index >= 15 is 0 Å². The number of sulfone groups is 1. The van der Waals surface area contributed by atoms with Crippen LogP contribution in [0.3, 0.4) is 0 Å². The van der Waals surface area contributed by atoms with Crippen LogP contribution in [0.25, 0.3) is 0 Å². The van der Waals surface area contributed by atoms with E-state index in [0.717, 1.165) is 16.4 Å². The first-order chi connectivity index (χ1) is 13.9. The minimum Gasteiger partial charge on any atom is -0.497 e. The van der Waals surface area contributed by atoms with Crippen molar-refractivity contribution in [1.82, 2.24) is 0 Å². The molecule has 0 N–H and O–H groups in total.